The number of halogens is 2. The molecule has 0 saturated carbocycles. The molecule has 3 aromatic carbocycles. The first-order chi connectivity index (χ1) is 16.7. The number of hydrogen-bond acceptors (Lipinski definition) is 4. The molecule has 1 aromatic heterocycles. The lowest BCUT2D eigenvalue weighted by molar-refractivity contribution is -0.137. The predicted octanol–water partition coefficient (Wildman–Crippen LogP) is 5.26. The molecule has 0 fully saturated rings. The van der Waals surface area contributed by atoms with Crippen molar-refractivity contribution < 1.29 is 22.7 Å². The van der Waals surface area contributed by atoms with Crippen LogP contribution in [0.2, 0.25) is 5.02 Å². The van der Waals surface area contributed by atoms with Gasteiger partial charge in [-0.25, -0.2) is 17.8 Å². The van der Waals surface area contributed by atoms with Crippen LogP contribution in [0.25, 0.3) is 11.0 Å². The molecule has 0 radical (unpaired) electrons. The molecule has 4 rings (SSSR count). The van der Waals surface area contributed by atoms with Crippen LogP contribution in [0.5, 0.6) is 0 Å². The zero-order valence-electron chi connectivity index (χ0n) is 18.9. The summed E-state index contributed by atoms with van der Waals surface area (Å²) in [6.45, 7) is 1.70. The minimum Gasteiger partial charge on any atom is -0.480 e. The number of fused-ring (bicyclic) bond motifs is 1. The number of anilines is 1. The molecule has 0 aliphatic heterocycles. The molecule has 0 saturated heterocycles. The number of rotatable bonds is 9. The second kappa shape index (κ2) is 10.1. The Bertz CT molecular complexity index is 1490. The van der Waals surface area contributed by atoms with E-state index in [4.69, 9.17) is 11.6 Å². The van der Waals surface area contributed by atoms with Gasteiger partial charge < -0.3 is 9.67 Å². The van der Waals surface area contributed by atoms with Crippen LogP contribution >= 0.6 is 11.6 Å². The average molecular weight is 516 g/mol. The molecule has 7 nitrogen and oxygen atoms in total. The SMILES string of the molecule is CCCc1nc2cc(N(Cc3cccc(Cl)c3)S(=O)(=O)c3ccc(F)cc3)ccc2n1CC(=O)O. The fourth-order valence-electron chi connectivity index (χ4n) is 3.90. The molecule has 4 aromatic rings. The summed E-state index contributed by atoms with van der Waals surface area (Å²) in [6.07, 6.45) is 1.35. The highest BCUT2D eigenvalue weighted by molar-refractivity contribution is 7.92. The third-order valence-electron chi connectivity index (χ3n) is 5.48. The van der Waals surface area contributed by atoms with Gasteiger partial charge in [0, 0.05) is 11.4 Å². The summed E-state index contributed by atoms with van der Waals surface area (Å²) in [6, 6.07) is 16.4. The summed E-state index contributed by atoms with van der Waals surface area (Å²) in [5.74, 6) is -0.920. The molecule has 0 aliphatic carbocycles. The van der Waals surface area contributed by atoms with Gasteiger partial charge in [0.25, 0.3) is 10.0 Å². The summed E-state index contributed by atoms with van der Waals surface area (Å²) in [4.78, 5) is 15.9. The standard InChI is InChI=1S/C25H23ClFN3O4S/c1-2-4-24-28-22-14-20(9-12-23(22)29(24)16-25(31)32)30(15-17-5-3-6-18(26)13-17)35(33,34)21-10-7-19(27)8-11-21/h3,5-14H,2,4,15-16H2,1H3,(H,31,32). The number of benzene rings is 3. The van der Waals surface area contributed by atoms with E-state index in [1.54, 1.807) is 47.0 Å². The van der Waals surface area contributed by atoms with Crippen LogP contribution in [-0.4, -0.2) is 29.0 Å². The highest BCUT2D eigenvalue weighted by Crippen LogP contribution is 2.30. The Morgan fingerprint density at radius 3 is 2.51 bits per heavy atom. The monoisotopic (exact) mass is 515 g/mol. The van der Waals surface area contributed by atoms with E-state index < -0.39 is 21.8 Å². The Balaban J connectivity index is 1.85. The van der Waals surface area contributed by atoms with Crippen LogP contribution in [-0.2, 0) is 34.3 Å². The quantitative estimate of drug-likeness (QED) is 0.328. The molecule has 1 N–H and O–H groups in total. The van der Waals surface area contributed by atoms with E-state index in [1.165, 1.54) is 16.4 Å². The van der Waals surface area contributed by atoms with Crippen molar-refractivity contribution >= 4 is 44.3 Å². The van der Waals surface area contributed by atoms with Gasteiger partial charge >= 0.3 is 5.97 Å². The molecule has 0 atom stereocenters. The molecule has 35 heavy (non-hydrogen) atoms. The van der Waals surface area contributed by atoms with Crippen LogP contribution in [0.1, 0.15) is 24.7 Å². The topological polar surface area (TPSA) is 92.5 Å². The summed E-state index contributed by atoms with van der Waals surface area (Å²) in [7, 11) is -4.09. The van der Waals surface area contributed by atoms with Crippen LogP contribution in [0.3, 0.4) is 0 Å². The van der Waals surface area contributed by atoms with Gasteiger partial charge in [0.1, 0.15) is 18.2 Å². The summed E-state index contributed by atoms with van der Waals surface area (Å²) in [5, 5.41) is 9.81. The molecule has 0 spiro atoms. The van der Waals surface area contributed by atoms with Crippen molar-refractivity contribution in [3.8, 4) is 0 Å². The largest absolute Gasteiger partial charge is 0.480 e. The number of hydrogen-bond donors (Lipinski definition) is 1. The van der Waals surface area contributed by atoms with E-state index in [0.717, 1.165) is 18.6 Å². The number of carbonyl (C=O) groups is 1. The lowest BCUT2D eigenvalue weighted by Gasteiger charge is -2.25. The van der Waals surface area contributed by atoms with Gasteiger partial charge in [-0.3, -0.25) is 9.10 Å². The van der Waals surface area contributed by atoms with Gasteiger partial charge in [-0.05, 0) is 66.6 Å². The van der Waals surface area contributed by atoms with Crippen molar-refractivity contribution in [3.63, 3.8) is 0 Å². The first-order valence-electron chi connectivity index (χ1n) is 10.9. The highest BCUT2D eigenvalue weighted by atomic mass is 35.5. The van der Waals surface area contributed by atoms with Crippen molar-refractivity contribution in [3.05, 3.63) is 89.0 Å². The Hall–Kier alpha value is -3.43. The Morgan fingerprint density at radius 1 is 1.11 bits per heavy atom. The molecule has 0 amide bonds. The molecular formula is C25H23ClFN3O4S. The maximum atomic E-state index is 13.7. The van der Waals surface area contributed by atoms with Crippen LogP contribution in [0, 0.1) is 5.82 Å². The van der Waals surface area contributed by atoms with Crippen molar-refractivity contribution in [2.75, 3.05) is 4.31 Å². The number of aryl methyl sites for hydroxylation is 1. The maximum absolute atomic E-state index is 13.7. The van der Waals surface area contributed by atoms with Gasteiger partial charge in [0.15, 0.2) is 0 Å². The fourth-order valence-corrected chi connectivity index (χ4v) is 5.56. The summed E-state index contributed by atoms with van der Waals surface area (Å²) < 4.78 is 43.6. The second-order valence-electron chi connectivity index (χ2n) is 8.03. The minimum atomic E-state index is -4.09. The van der Waals surface area contributed by atoms with Crippen LogP contribution in [0.4, 0.5) is 10.1 Å². The third kappa shape index (κ3) is 5.31. The lowest BCUT2D eigenvalue weighted by Crippen LogP contribution is -2.30. The van der Waals surface area contributed by atoms with Crippen molar-refractivity contribution in [2.45, 2.75) is 37.8 Å². The number of sulfonamides is 1. The number of nitrogens with zero attached hydrogens (tertiary/aromatic N) is 3. The molecule has 1 heterocycles. The van der Waals surface area contributed by atoms with Gasteiger partial charge in [-0.2, -0.15) is 0 Å². The molecule has 0 aliphatic rings. The maximum Gasteiger partial charge on any atom is 0.323 e. The zero-order valence-corrected chi connectivity index (χ0v) is 20.4. The van der Waals surface area contributed by atoms with Gasteiger partial charge in [-0.1, -0.05) is 30.7 Å². The number of carboxylic acid groups (broad SMARTS) is 1. The minimum absolute atomic E-state index is 0.0244. The van der Waals surface area contributed by atoms with Crippen LogP contribution in [0.15, 0.2) is 71.6 Å². The average Bonchev–Trinajstić information content (AvgIpc) is 3.13. The van der Waals surface area contributed by atoms with Crippen molar-refractivity contribution in [1.82, 2.24) is 9.55 Å². The number of carboxylic acids is 1. The molecule has 182 valence electrons. The number of imidazole rings is 1. The van der Waals surface area contributed by atoms with Crippen molar-refractivity contribution in [2.24, 2.45) is 0 Å². The van der Waals surface area contributed by atoms with E-state index in [-0.39, 0.29) is 18.0 Å². The lowest BCUT2D eigenvalue weighted by atomic mass is 10.2. The predicted molar refractivity (Wildman–Crippen MR) is 133 cm³/mol. The van der Waals surface area contributed by atoms with E-state index in [2.05, 4.69) is 4.98 Å². The van der Waals surface area contributed by atoms with Gasteiger partial charge in [0.2, 0.25) is 0 Å². The van der Waals surface area contributed by atoms with E-state index in [9.17, 15) is 22.7 Å². The first kappa shape index (κ1) is 24.7. The Kier molecular flexibility index (Phi) is 7.09. The number of aromatic nitrogens is 2. The third-order valence-corrected chi connectivity index (χ3v) is 7.51. The summed E-state index contributed by atoms with van der Waals surface area (Å²) in [5.41, 5.74) is 2.08. The molecule has 0 bridgehead atoms. The number of aliphatic carboxylic acids is 1. The van der Waals surface area contributed by atoms with E-state index >= 15 is 0 Å². The first-order valence-corrected chi connectivity index (χ1v) is 12.7. The zero-order chi connectivity index (χ0) is 25.2. The summed E-state index contributed by atoms with van der Waals surface area (Å²) >= 11 is 6.12. The van der Waals surface area contributed by atoms with Crippen LogP contribution < -0.4 is 4.31 Å². The van der Waals surface area contributed by atoms with E-state index in [1.807, 2.05) is 6.92 Å². The van der Waals surface area contributed by atoms with Crippen molar-refractivity contribution in [1.29, 1.82) is 0 Å². The molecule has 0 unspecified atom stereocenters. The smallest absolute Gasteiger partial charge is 0.323 e. The van der Waals surface area contributed by atoms with Gasteiger partial charge in [0.05, 0.1) is 28.2 Å². The second-order valence-corrected chi connectivity index (χ2v) is 10.3. The normalized spacial score (nSPS) is 11.6. The van der Waals surface area contributed by atoms with Gasteiger partial charge in [-0.15, -0.1) is 0 Å². The Labute approximate surface area is 207 Å². The Morgan fingerprint density at radius 2 is 1.86 bits per heavy atom. The fraction of sp³-hybridized carbons (Fsp3) is 0.200. The highest BCUT2D eigenvalue weighted by Gasteiger charge is 2.26. The van der Waals surface area contributed by atoms with E-state index in [0.29, 0.717) is 39.6 Å². The molecule has 10 heteroatoms. The molecular weight excluding hydrogens is 493 g/mol.